The van der Waals surface area contributed by atoms with Crippen molar-refractivity contribution in [2.24, 2.45) is 0 Å². The summed E-state index contributed by atoms with van der Waals surface area (Å²) in [6.45, 7) is 0. The van der Waals surface area contributed by atoms with Crippen molar-refractivity contribution in [1.29, 1.82) is 0 Å². The summed E-state index contributed by atoms with van der Waals surface area (Å²) in [4.78, 5) is 0. The van der Waals surface area contributed by atoms with E-state index in [1.54, 1.807) is 8.17 Å². The quantitative estimate of drug-likeness (QED) is 0.576. The zero-order valence-corrected chi connectivity index (χ0v) is 14.0. The van der Waals surface area contributed by atoms with Crippen LogP contribution in [0.15, 0.2) is 44.6 Å². The first-order chi connectivity index (χ1) is 8.45. The fourth-order valence-electron chi connectivity index (χ4n) is 2.05. The van der Waals surface area contributed by atoms with Gasteiger partial charge >= 0.3 is 114 Å². The molecule has 0 saturated heterocycles. The van der Waals surface area contributed by atoms with Crippen molar-refractivity contribution < 1.29 is 30.1 Å². The Hall–Kier alpha value is -0.101. The van der Waals surface area contributed by atoms with E-state index in [0.29, 0.717) is 0 Å². The SMILES string of the molecule is C1=C\CC/[C]([Ir+]/[C]2=C/CC/C=C\CC2)=C\CC/1.[Cl-]. The van der Waals surface area contributed by atoms with Crippen LogP contribution in [0, 0.1) is 0 Å². The average molecular weight is 442 g/mol. The van der Waals surface area contributed by atoms with Gasteiger partial charge in [-0.2, -0.15) is 0 Å². The monoisotopic (exact) mass is 442 g/mol. The molecule has 0 nitrogen and oxygen atoms in total. The molecule has 0 atom stereocenters. The van der Waals surface area contributed by atoms with Gasteiger partial charge in [-0.3, -0.25) is 0 Å². The first kappa shape index (κ1) is 16.0. The van der Waals surface area contributed by atoms with Gasteiger partial charge < -0.3 is 12.4 Å². The molecule has 0 aromatic heterocycles. The third kappa shape index (κ3) is 6.18. The van der Waals surface area contributed by atoms with E-state index in [-0.39, 0.29) is 30.1 Å². The summed E-state index contributed by atoms with van der Waals surface area (Å²) < 4.78 is 3.59. The van der Waals surface area contributed by atoms with Crippen LogP contribution in [0.4, 0.5) is 0 Å². The molecule has 18 heavy (non-hydrogen) atoms. The van der Waals surface area contributed by atoms with Crippen LogP contribution in [0.3, 0.4) is 0 Å². The number of rotatable bonds is 2. The molecule has 0 N–H and O–H groups in total. The van der Waals surface area contributed by atoms with Gasteiger partial charge in [0.1, 0.15) is 0 Å². The third-order valence-electron chi connectivity index (χ3n) is 3.00. The molecular weight excluding hydrogens is 420 g/mol. The Balaban J connectivity index is 0.00000162. The van der Waals surface area contributed by atoms with Crippen molar-refractivity contribution in [3.05, 3.63) is 44.6 Å². The second-order valence-corrected chi connectivity index (χ2v) is 8.18. The predicted octanol–water partition coefficient (Wildman–Crippen LogP) is 2.10. The topological polar surface area (TPSA) is 0 Å². The Kier molecular flexibility index (Phi) is 8.67. The summed E-state index contributed by atoms with van der Waals surface area (Å²) in [6.07, 6.45) is 24.7. The van der Waals surface area contributed by atoms with Crippen LogP contribution in [0.25, 0.3) is 0 Å². The molecule has 0 heterocycles. The maximum atomic E-state index is 2.54. The minimum atomic E-state index is 0. The van der Waals surface area contributed by atoms with Crippen LogP contribution >= 0.6 is 0 Å². The average Bonchev–Trinajstić information content (AvgIpc) is 2.24. The number of allylic oxidation sites excluding steroid dienone is 8. The first-order valence-electron chi connectivity index (χ1n) is 6.73. The van der Waals surface area contributed by atoms with Crippen molar-refractivity contribution in [2.45, 2.75) is 51.4 Å². The number of halogens is 1. The van der Waals surface area contributed by atoms with E-state index in [1.165, 1.54) is 51.4 Å². The van der Waals surface area contributed by atoms with Gasteiger partial charge in [0.2, 0.25) is 0 Å². The summed E-state index contributed by atoms with van der Waals surface area (Å²) in [5.41, 5.74) is 0. The van der Waals surface area contributed by atoms with E-state index in [9.17, 15) is 0 Å². The maximum Gasteiger partial charge on any atom is -1.00 e. The van der Waals surface area contributed by atoms with Crippen molar-refractivity contribution in [2.75, 3.05) is 0 Å². The maximum absolute atomic E-state index is 2.54. The largest absolute Gasteiger partial charge is 1.00 e. The third-order valence-corrected chi connectivity index (χ3v) is 6.72. The van der Waals surface area contributed by atoms with Gasteiger partial charge in [-0.1, -0.05) is 0 Å². The molecule has 102 valence electrons. The smallest absolute Gasteiger partial charge is 1.00 e. The summed E-state index contributed by atoms with van der Waals surface area (Å²) in [7, 11) is 0. The number of hydrogen-bond donors (Lipinski definition) is 0. The molecule has 0 saturated carbocycles. The summed E-state index contributed by atoms with van der Waals surface area (Å²) >= 11 is 0.0328. The van der Waals surface area contributed by atoms with Crippen LogP contribution in [0.2, 0.25) is 0 Å². The van der Waals surface area contributed by atoms with Gasteiger partial charge in [0.15, 0.2) is 0 Å². The van der Waals surface area contributed by atoms with Crippen LogP contribution in [0.5, 0.6) is 0 Å². The minimum Gasteiger partial charge on any atom is -1.00 e. The zero-order chi connectivity index (χ0) is 11.8. The molecule has 0 aliphatic heterocycles. The summed E-state index contributed by atoms with van der Waals surface area (Å²) in [5.74, 6) is 0. The first-order valence-corrected chi connectivity index (χ1v) is 9.13. The van der Waals surface area contributed by atoms with Gasteiger partial charge in [-0.15, -0.1) is 0 Å². The van der Waals surface area contributed by atoms with Gasteiger partial charge in [0.25, 0.3) is 0 Å². The molecule has 0 bridgehead atoms. The Morgan fingerprint density at radius 2 is 1.06 bits per heavy atom. The van der Waals surface area contributed by atoms with Crippen molar-refractivity contribution in [3.8, 4) is 0 Å². The van der Waals surface area contributed by atoms with E-state index in [1.807, 2.05) is 0 Å². The molecule has 2 rings (SSSR count). The van der Waals surface area contributed by atoms with Crippen molar-refractivity contribution >= 4 is 0 Å². The van der Waals surface area contributed by atoms with E-state index >= 15 is 0 Å². The second kappa shape index (κ2) is 9.78. The van der Waals surface area contributed by atoms with Gasteiger partial charge in [0, 0.05) is 0 Å². The van der Waals surface area contributed by atoms with E-state index in [2.05, 4.69) is 36.5 Å². The fourth-order valence-corrected chi connectivity index (χ4v) is 5.51. The van der Waals surface area contributed by atoms with Crippen LogP contribution in [0.1, 0.15) is 51.4 Å². The molecule has 0 radical (unpaired) electrons. The summed E-state index contributed by atoms with van der Waals surface area (Å²) in [5, 5.41) is 0. The molecule has 2 aliphatic rings. The Morgan fingerprint density at radius 3 is 1.56 bits per heavy atom. The normalized spacial score (nSPS) is 30.2. The molecule has 0 aromatic rings. The molecule has 2 heteroatoms. The Bertz CT molecular complexity index is 316. The molecule has 2 aliphatic carbocycles. The van der Waals surface area contributed by atoms with Gasteiger partial charge in [-0.05, 0) is 0 Å². The second-order valence-electron chi connectivity index (χ2n) is 4.50. The molecule has 0 spiro atoms. The number of hydrogen-bond acceptors (Lipinski definition) is 0. The van der Waals surface area contributed by atoms with E-state index in [4.69, 9.17) is 0 Å². The fraction of sp³-hybridized carbons (Fsp3) is 0.500. The van der Waals surface area contributed by atoms with Crippen molar-refractivity contribution in [1.82, 2.24) is 0 Å². The zero-order valence-electron chi connectivity index (χ0n) is 10.8. The van der Waals surface area contributed by atoms with Gasteiger partial charge in [0.05, 0.1) is 0 Å². The van der Waals surface area contributed by atoms with E-state index in [0.717, 1.165) is 0 Å². The predicted molar refractivity (Wildman–Crippen MR) is 71.4 cm³/mol. The molecule has 0 amide bonds. The van der Waals surface area contributed by atoms with E-state index < -0.39 is 0 Å². The Labute approximate surface area is 126 Å². The van der Waals surface area contributed by atoms with Crippen LogP contribution in [-0.2, 0) is 17.7 Å². The van der Waals surface area contributed by atoms with Gasteiger partial charge in [-0.25, -0.2) is 0 Å². The summed E-state index contributed by atoms with van der Waals surface area (Å²) in [6, 6.07) is 0. The molecule has 0 unspecified atom stereocenters. The standard InChI is InChI=1S/2C8H11.ClH.Ir/c2*1-2-4-6-8-7-5-3-1;;/h2*1-2,7H,3-6H2;1H;/q;;;+1/p-1/b2*2-1-,8-7?;;. The van der Waals surface area contributed by atoms with Crippen LogP contribution < -0.4 is 12.4 Å². The minimum absolute atomic E-state index is 0. The molecular formula is C16H22ClIr. The van der Waals surface area contributed by atoms with Crippen molar-refractivity contribution in [3.63, 3.8) is 0 Å². The Morgan fingerprint density at radius 1 is 0.611 bits per heavy atom. The molecule has 0 fully saturated rings. The molecule has 0 aromatic carbocycles. The van der Waals surface area contributed by atoms with Crippen LogP contribution in [-0.4, -0.2) is 0 Å².